The lowest BCUT2D eigenvalue weighted by Crippen LogP contribution is -2.05. The standard InChI is InChI=1S/C9H4ClF3/c1-2-6-3-4-7(8(10)5-6)9(11,12)13/h1,3-5H. The van der Waals surface area contributed by atoms with Crippen molar-refractivity contribution in [3.05, 3.63) is 34.3 Å². The minimum Gasteiger partial charge on any atom is -0.166 e. The van der Waals surface area contributed by atoms with Gasteiger partial charge in [0.2, 0.25) is 0 Å². The number of halogens is 4. The highest BCUT2D eigenvalue weighted by Gasteiger charge is 2.32. The molecular weight excluding hydrogens is 201 g/mol. The van der Waals surface area contributed by atoms with Gasteiger partial charge in [-0.3, -0.25) is 0 Å². The third-order valence-corrected chi connectivity index (χ3v) is 1.75. The molecule has 0 aromatic heterocycles. The summed E-state index contributed by atoms with van der Waals surface area (Å²) in [4.78, 5) is 0. The number of terminal acetylenes is 1. The largest absolute Gasteiger partial charge is 0.417 e. The molecule has 0 atom stereocenters. The van der Waals surface area contributed by atoms with E-state index >= 15 is 0 Å². The van der Waals surface area contributed by atoms with Crippen molar-refractivity contribution in [3.63, 3.8) is 0 Å². The maximum atomic E-state index is 12.1. The molecular formula is C9H4ClF3. The Hall–Kier alpha value is -1.14. The Morgan fingerprint density at radius 3 is 2.31 bits per heavy atom. The van der Waals surface area contributed by atoms with Gasteiger partial charge in [-0.25, -0.2) is 0 Å². The van der Waals surface area contributed by atoms with Gasteiger partial charge in [-0.1, -0.05) is 17.5 Å². The molecule has 1 aromatic rings. The Kier molecular flexibility index (Phi) is 2.53. The van der Waals surface area contributed by atoms with E-state index in [0.717, 1.165) is 12.1 Å². The van der Waals surface area contributed by atoms with Crippen LogP contribution in [-0.2, 0) is 6.18 Å². The highest BCUT2D eigenvalue weighted by Crippen LogP contribution is 2.34. The molecule has 1 aromatic carbocycles. The zero-order valence-corrected chi connectivity index (χ0v) is 7.08. The lowest BCUT2D eigenvalue weighted by molar-refractivity contribution is -0.137. The third-order valence-electron chi connectivity index (χ3n) is 1.44. The molecule has 0 bridgehead atoms. The van der Waals surface area contributed by atoms with Crippen LogP contribution in [0.1, 0.15) is 11.1 Å². The van der Waals surface area contributed by atoms with Gasteiger partial charge in [0.15, 0.2) is 0 Å². The minimum absolute atomic E-state index is 0.331. The van der Waals surface area contributed by atoms with E-state index in [1.807, 2.05) is 0 Å². The molecule has 4 heteroatoms. The maximum Gasteiger partial charge on any atom is 0.417 e. The number of hydrogen-bond donors (Lipinski definition) is 0. The topological polar surface area (TPSA) is 0 Å². The van der Waals surface area contributed by atoms with E-state index in [-0.39, 0.29) is 5.02 Å². The SMILES string of the molecule is C#Cc1ccc(C(F)(F)F)c(Cl)c1. The molecule has 0 nitrogen and oxygen atoms in total. The molecule has 1 rings (SSSR count). The lowest BCUT2D eigenvalue weighted by Gasteiger charge is -2.08. The molecule has 0 heterocycles. The summed E-state index contributed by atoms with van der Waals surface area (Å²) in [6, 6.07) is 3.19. The highest BCUT2D eigenvalue weighted by atomic mass is 35.5. The molecule has 0 spiro atoms. The molecule has 13 heavy (non-hydrogen) atoms. The molecule has 0 aliphatic heterocycles. The van der Waals surface area contributed by atoms with E-state index in [9.17, 15) is 13.2 Å². The van der Waals surface area contributed by atoms with Crippen LogP contribution in [0.2, 0.25) is 5.02 Å². The maximum absolute atomic E-state index is 12.1. The molecule has 0 aliphatic carbocycles. The number of benzene rings is 1. The van der Waals surface area contributed by atoms with Crippen LogP contribution < -0.4 is 0 Å². The van der Waals surface area contributed by atoms with Crippen molar-refractivity contribution < 1.29 is 13.2 Å². The van der Waals surface area contributed by atoms with Crippen LogP contribution in [0.25, 0.3) is 0 Å². The third kappa shape index (κ3) is 2.16. The molecule has 0 amide bonds. The fourth-order valence-corrected chi connectivity index (χ4v) is 1.12. The van der Waals surface area contributed by atoms with Gasteiger partial charge in [-0.05, 0) is 18.2 Å². The second kappa shape index (κ2) is 3.31. The van der Waals surface area contributed by atoms with Gasteiger partial charge < -0.3 is 0 Å². The Bertz CT molecular complexity index is 360. The summed E-state index contributed by atoms with van der Waals surface area (Å²) in [5.41, 5.74) is -0.536. The molecule has 0 saturated carbocycles. The summed E-state index contributed by atoms with van der Waals surface area (Å²) in [7, 11) is 0. The Balaban J connectivity index is 3.23. The van der Waals surface area contributed by atoms with Crippen LogP contribution in [-0.4, -0.2) is 0 Å². The normalized spacial score (nSPS) is 11.0. The highest BCUT2D eigenvalue weighted by molar-refractivity contribution is 6.31. The zero-order chi connectivity index (χ0) is 10.1. The Morgan fingerprint density at radius 1 is 1.31 bits per heavy atom. The fourth-order valence-electron chi connectivity index (χ4n) is 0.835. The van der Waals surface area contributed by atoms with Crippen molar-refractivity contribution in [2.75, 3.05) is 0 Å². The second-order valence-corrected chi connectivity index (χ2v) is 2.74. The van der Waals surface area contributed by atoms with E-state index < -0.39 is 11.7 Å². The molecule has 0 radical (unpaired) electrons. The van der Waals surface area contributed by atoms with Crippen LogP contribution in [0.5, 0.6) is 0 Å². The van der Waals surface area contributed by atoms with Gasteiger partial charge in [0, 0.05) is 5.56 Å². The quantitative estimate of drug-likeness (QED) is 0.569. The van der Waals surface area contributed by atoms with Gasteiger partial charge in [0.25, 0.3) is 0 Å². The van der Waals surface area contributed by atoms with E-state index in [1.54, 1.807) is 0 Å². The van der Waals surface area contributed by atoms with E-state index in [4.69, 9.17) is 18.0 Å². The van der Waals surface area contributed by atoms with E-state index in [2.05, 4.69) is 5.92 Å². The number of hydrogen-bond acceptors (Lipinski definition) is 0. The molecule has 0 fully saturated rings. The van der Waals surface area contributed by atoms with Crippen LogP contribution in [0.15, 0.2) is 18.2 Å². The van der Waals surface area contributed by atoms with Gasteiger partial charge in [-0.2, -0.15) is 13.2 Å². The first kappa shape index (κ1) is 9.94. The van der Waals surface area contributed by atoms with Crippen molar-refractivity contribution >= 4 is 11.6 Å². The molecule has 68 valence electrons. The zero-order valence-electron chi connectivity index (χ0n) is 6.32. The first-order chi connectivity index (χ1) is 5.95. The fraction of sp³-hybridized carbons (Fsp3) is 0.111. The first-order valence-electron chi connectivity index (χ1n) is 3.28. The molecule has 0 aliphatic rings. The van der Waals surface area contributed by atoms with Crippen LogP contribution in [0.4, 0.5) is 13.2 Å². The van der Waals surface area contributed by atoms with Gasteiger partial charge in [-0.15, -0.1) is 6.42 Å². The predicted octanol–water partition coefficient (Wildman–Crippen LogP) is 3.34. The van der Waals surface area contributed by atoms with Crippen molar-refractivity contribution in [1.82, 2.24) is 0 Å². The van der Waals surface area contributed by atoms with E-state index in [1.165, 1.54) is 6.07 Å². The van der Waals surface area contributed by atoms with Crippen LogP contribution >= 0.6 is 11.6 Å². The average Bonchev–Trinajstić information content (AvgIpc) is 2.01. The van der Waals surface area contributed by atoms with E-state index in [0.29, 0.717) is 5.56 Å². The monoisotopic (exact) mass is 204 g/mol. The summed E-state index contributed by atoms with van der Waals surface area (Å²) < 4.78 is 36.4. The van der Waals surface area contributed by atoms with Gasteiger partial charge in [0.1, 0.15) is 0 Å². The molecule has 0 saturated heterocycles. The summed E-state index contributed by atoms with van der Waals surface area (Å²) in [5, 5.41) is -0.372. The van der Waals surface area contributed by atoms with Gasteiger partial charge >= 0.3 is 6.18 Å². The second-order valence-electron chi connectivity index (χ2n) is 2.34. The summed E-state index contributed by atoms with van der Waals surface area (Å²) >= 11 is 5.38. The summed E-state index contributed by atoms with van der Waals surface area (Å²) in [6.45, 7) is 0. The minimum atomic E-state index is -4.43. The molecule has 0 N–H and O–H groups in total. The molecule has 0 unspecified atom stereocenters. The van der Waals surface area contributed by atoms with Crippen LogP contribution in [0.3, 0.4) is 0 Å². The average molecular weight is 205 g/mol. The van der Waals surface area contributed by atoms with Crippen molar-refractivity contribution in [1.29, 1.82) is 0 Å². The summed E-state index contributed by atoms with van der Waals surface area (Å²) in [6.07, 6.45) is 0.562. The Labute approximate surface area is 78.3 Å². The van der Waals surface area contributed by atoms with Crippen molar-refractivity contribution in [2.24, 2.45) is 0 Å². The number of rotatable bonds is 0. The lowest BCUT2D eigenvalue weighted by atomic mass is 10.1. The smallest absolute Gasteiger partial charge is 0.166 e. The van der Waals surface area contributed by atoms with Gasteiger partial charge in [0.05, 0.1) is 10.6 Å². The Morgan fingerprint density at radius 2 is 1.92 bits per heavy atom. The summed E-state index contributed by atoms with van der Waals surface area (Å²) in [5.74, 6) is 2.19. The van der Waals surface area contributed by atoms with Crippen molar-refractivity contribution in [3.8, 4) is 12.3 Å². The van der Waals surface area contributed by atoms with Crippen LogP contribution in [0, 0.1) is 12.3 Å². The first-order valence-corrected chi connectivity index (χ1v) is 3.66. The van der Waals surface area contributed by atoms with Crippen molar-refractivity contribution in [2.45, 2.75) is 6.18 Å². The number of alkyl halides is 3. The predicted molar refractivity (Wildman–Crippen MR) is 44.4 cm³/mol.